The fourth-order valence-corrected chi connectivity index (χ4v) is 4.84. The molecule has 1 aliphatic heterocycles. The Hall–Kier alpha value is -2.22. The molecule has 0 saturated carbocycles. The van der Waals surface area contributed by atoms with E-state index < -0.39 is 0 Å². The van der Waals surface area contributed by atoms with Gasteiger partial charge in [0.15, 0.2) is 0 Å². The number of benzene rings is 1. The third-order valence-electron chi connectivity index (χ3n) is 5.36. The highest BCUT2D eigenvalue weighted by Crippen LogP contribution is 2.27. The number of hydrogen-bond acceptors (Lipinski definition) is 5. The second kappa shape index (κ2) is 8.26. The summed E-state index contributed by atoms with van der Waals surface area (Å²) in [7, 11) is 0. The molecule has 0 radical (unpaired) electrons. The van der Waals surface area contributed by atoms with Crippen LogP contribution in [0.4, 0.5) is 5.69 Å². The minimum atomic E-state index is -0.261. The summed E-state index contributed by atoms with van der Waals surface area (Å²) >= 11 is 7.44. The van der Waals surface area contributed by atoms with Gasteiger partial charge in [0.2, 0.25) is 5.91 Å². The zero-order valence-electron chi connectivity index (χ0n) is 16.5. The number of amides is 1. The summed E-state index contributed by atoms with van der Waals surface area (Å²) in [5, 5.41) is 4.06. The Labute approximate surface area is 178 Å². The van der Waals surface area contributed by atoms with E-state index in [9.17, 15) is 9.59 Å². The first kappa shape index (κ1) is 20.1. The van der Waals surface area contributed by atoms with Gasteiger partial charge < -0.3 is 5.32 Å². The highest BCUT2D eigenvalue weighted by atomic mass is 35.5. The molecule has 152 valence electrons. The van der Waals surface area contributed by atoms with E-state index in [0.717, 1.165) is 41.2 Å². The van der Waals surface area contributed by atoms with E-state index in [0.29, 0.717) is 28.5 Å². The van der Waals surface area contributed by atoms with Crippen molar-refractivity contribution in [3.63, 3.8) is 0 Å². The van der Waals surface area contributed by atoms with Gasteiger partial charge in [0.05, 0.1) is 11.9 Å². The standard InChI is InChI=1S/C21H23ClN4O2S/c1-13-14(2)29-20-19(13)21(28)26(17(24-20)11-25-9-3-4-10-25)12-18(27)23-16-7-5-15(22)6-8-16/h5-8H,3-4,9-12H2,1-2H3,(H,23,27). The van der Waals surface area contributed by atoms with Gasteiger partial charge in [-0.2, -0.15) is 0 Å². The minimum absolute atomic E-state index is 0.0676. The first-order valence-electron chi connectivity index (χ1n) is 9.69. The number of hydrogen-bond donors (Lipinski definition) is 1. The van der Waals surface area contributed by atoms with Crippen molar-refractivity contribution in [2.75, 3.05) is 18.4 Å². The van der Waals surface area contributed by atoms with E-state index in [-0.39, 0.29) is 18.0 Å². The van der Waals surface area contributed by atoms with Crippen molar-refractivity contribution in [2.24, 2.45) is 0 Å². The molecule has 1 aliphatic rings. The van der Waals surface area contributed by atoms with E-state index >= 15 is 0 Å². The van der Waals surface area contributed by atoms with Gasteiger partial charge in [-0.1, -0.05) is 11.6 Å². The van der Waals surface area contributed by atoms with Crippen LogP contribution in [0.3, 0.4) is 0 Å². The molecule has 1 N–H and O–H groups in total. The fraction of sp³-hybridized carbons (Fsp3) is 0.381. The lowest BCUT2D eigenvalue weighted by Crippen LogP contribution is -2.33. The van der Waals surface area contributed by atoms with Crippen LogP contribution in [0.5, 0.6) is 0 Å². The second-order valence-corrected chi connectivity index (χ2v) is 9.06. The van der Waals surface area contributed by atoms with Crippen molar-refractivity contribution in [1.29, 1.82) is 0 Å². The number of nitrogens with one attached hydrogen (secondary N) is 1. The molecule has 29 heavy (non-hydrogen) atoms. The molecule has 1 saturated heterocycles. The summed E-state index contributed by atoms with van der Waals surface area (Å²) in [6.07, 6.45) is 2.31. The maximum Gasteiger partial charge on any atom is 0.263 e. The maximum absolute atomic E-state index is 13.3. The average Bonchev–Trinajstić information content (AvgIpc) is 3.29. The van der Waals surface area contributed by atoms with Crippen molar-refractivity contribution in [1.82, 2.24) is 14.5 Å². The molecule has 1 aromatic carbocycles. The lowest BCUT2D eigenvalue weighted by atomic mass is 10.2. The van der Waals surface area contributed by atoms with Gasteiger partial charge in [0, 0.05) is 15.6 Å². The van der Waals surface area contributed by atoms with Gasteiger partial charge >= 0.3 is 0 Å². The van der Waals surface area contributed by atoms with Crippen LogP contribution in [-0.4, -0.2) is 33.4 Å². The maximum atomic E-state index is 13.3. The summed E-state index contributed by atoms with van der Waals surface area (Å²) in [6.45, 7) is 6.44. The Morgan fingerprint density at radius 1 is 1.21 bits per heavy atom. The summed E-state index contributed by atoms with van der Waals surface area (Å²) in [6, 6.07) is 6.91. The molecule has 1 fully saturated rings. The van der Waals surface area contributed by atoms with Crippen LogP contribution in [0.25, 0.3) is 10.2 Å². The largest absolute Gasteiger partial charge is 0.325 e. The van der Waals surface area contributed by atoms with Crippen molar-refractivity contribution < 1.29 is 4.79 Å². The predicted molar refractivity (Wildman–Crippen MR) is 118 cm³/mol. The number of nitrogens with zero attached hydrogens (tertiary/aromatic N) is 3. The van der Waals surface area contributed by atoms with Crippen LogP contribution in [0.15, 0.2) is 29.1 Å². The highest BCUT2D eigenvalue weighted by Gasteiger charge is 2.21. The molecule has 8 heteroatoms. The molecule has 6 nitrogen and oxygen atoms in total. The number of rotatable bonds is 5. The molecule has 0 spiro atoms. The minimum Gasteiger partial charge on any atom is -0.325 e. The summed E-state index contributed by atoms with van der Waals surface area (Å²) in [4.78, 5) is 34.9. The molecule has 0 unspecified atom stereocenters. The lowest BCUT2D eigenvalue weighted by Gasteiger charge is -2.18. The zero-order chi connectivity index (χ0) is 20.5. The summed E-state index contributed by atoms with van der Waals surface area (Å²) in [5.74, 6) is 0.389. The summed E-state index contributed by atoms with van der Waals surface area (Å²) in [5.41, 5.74) is 1.45. The molecule has 3 heterocycles. The molecular formula is C21H23ClN4O2S. The number of carbonyl (C=O) groups excluding carboxylic acids is 1. The number of aromatic nitrogens is 2. The number of anilines is 1. The molecule has 4 rings (SSSR count). The molecule has 3 aromatic rings. The Morgan fingerprint density at radius 3 is 2.59 bits per heavy atom. The number of likely N-dealkylation sites (tertiary alicyclic amines) is 1. The van der Waals surface area contributed by atoms with Gasteiger partial charge in [-0.05, 0) is 69.6 Å². The number of thiophene rings is 1. The van der Waals surface area contributed by atoms with Crippen molar-refractivity contribution in [3.8, 4) is 0 Å². The van der Waals surface area contributed by atoms with E-state index in [1.54, 1.807) is 35.6 Å². The Balaban J connectivity index is 1.68. The predicted octanol–water partition coefficient (Wildman–Crippen LogP) is 3.96. The number of carbonyl (C=O) groups is 1. The van der Waals surface area contributed by atoms with E-state index in [1.807, 2.05) is 13.8 Å². The third-order valence-corrected chi connectivity index (χ3v) is 6.71. The molecule has 0 aliphatic carbocycles. The van der Waals surface area contributed by atoms with Crippen LogP contribution in [-0.2, 0) is 17.9 Å². The average molecular weight is 431 g/mol. The van der Waals surface area contributed by atoms with Crippen molar-refractivity contribution in [3.05, 3.63) is 55.9 Å². The van der Waals surface area contributed by atoms with Gasteiger partial charge in [-0.15, -0.1) is 11.3 Å². The fourth-order valence-electron chi connectivity index (χ4n) is 3.67. The quantitative estimate of drug-likeness (QED) is 0.665. The molecule has 2 aromatic heterocycles. The number of halogens is 1. The normalized spacial score (nSPS) is 14.6. The number of aryl methyl sites for hydroxylation is 2. The first-order valence-corrected chi connectivity index (χ1v) is 10.9. The Kier molecular flexibility index (Phi) is 5.72. The van der Waals surface area contributed by atoms with Gasteiger partial charge in [-0.25, -0.2) is 4.98 Å². The van der Waals surface area contributed by atoms with Gasteiger partial charge in [0.25, 0.3) is 5.56 Å². The van der Waals surface area contributed by atoms with Crippen LogP contribution >= 0.6 is 22.9 Å². The van der Waals surface area contributed by atoms with Crippen LogP contribution in [0.2, 0.25) is 5.02 Å². The first-order chi connectivity index (χ1) is 13.9. The van der Waals surface area contributed by atoms with E-state index in [4.69, 9.17) is 16.6 Å². The highest BCUT2D eigenvalue weighted by molar-refractivity contribution is 7.18. The topological polar surface area (TPSA) is 67.2 Å². The van der Waals surface area contributed by atoms with Crippen molar-refractivity contribution >= 4 is 44.7 Å². The SMILES string of the molecule is Cc1sc2nc(CN3CCCC3)n(CC(=O)Nc3ccc(Cl)cc3)c(=O)c2c1C. The van der Waals surface area contributed by atoms with Crippen LogP contribution < -0.4 is 10.9 Å². The Morgan fingerprint density at radius 2 is 1.90 bits per heavy atom. The molecular weight excluding hydrogens is 408 g/mol. The second-order valence-electron chi connectivity index (χ2n) is 7.42. The summed E-state index contributed by atoms with van der Waals surface area (Å²) < 4.78 is 1.53. The molecule has 0 atom stereocenters. The molecule has 1 amide bonds. The van der Waals surface area contributed by atoms with Crippen molar-refractivity contribution in [2.45, 2.75) is 39.8 Å². The van der Waals surface area contributed by atoms with Crippen LogP contribution in [0.1, 0.15) is 29.1 Å². The van der Waals surface area contributed by atoms with Gasteiger partial charge in [-0.3, -0.25) is 19.1 Å². The van der Waals surface area contributed by atoms with E-state index in [2.05, 4.69) is 10.2 Å². The number of fused-ring (bicyclic) bond motifs is 1. The van der Waals surface area contributed by atoms with E-state index in [1.165, 1.54) is 4.57 Å². The Bertz CT molecular complexity index is 1110. The van der Waals surface area contributed by atoms with Crippen LogP contribution in [0, 0.1) is 13.8 Å². The zero-order valence-corrected chi connectivity index (χ0v) is 18.1. The molecule has 0 bridgehead atoms. The third kappa shape index (κ3) is 4.22. The monoisotopic (exact) mass is 430 g/mol. The smallest absolute Gasteiger partial charge is 0.263 e. The van der Waals surface area contributed by atoms with Gasteiger partial charge in [0.1, 0.15) is 17.2 Å². The lowest BCUT2D eigenvalue weighted by molar-refractivity contribution is -0.116.